The number of benzene rings is 2. The maximum atomic E-state index is 13.0. The molecule has 2 rings (SSSR count). The molecular weight excluding hydrogens is 370 g/mol. The first kappa shape index (κ1) is 18.8. The third-order valence-corrected chi connectivity index (χ3v) is 3.49. The molecule has 0 aliphatic carbocycles. The molecule has 0 aromatic heterocycles. The summed E-state index contributed by atoms with van der Waals surface area (Å²) in [6.45, 7) is -0.318. The van der Waals surface area contributed by atoms with E-state index in [1.807, 2.05) is 0 Å². The van der Waals surface area contributed by atoms with Gasteiger partial charge < -0.3 is 4.74 Å². The van der Waals surface area contributed by atoms with Crippen LogP contribution < -0.4 is 15.6 Å². The predicted molar refractivity (Wildman–Crippen MR) is 93.7 cm³/mol. The Bertz CT molecular complexity index is 812. The molecule has 0 spiro atoms. The number of amides is 2. The fourth-order valence-electron chi connectivity index (χ4n) is 1.70. The molecule has 0 saturated carbocycles. The summed E-state index contributed by atoms with van der Waals surface area (Å²) < 4.78 is 18.2. The van der Waals surface area contributed by atoms with Crippen LogP contribution in [0.3, 0.4) is 0 Å². The summed E-state index contributed by atoms with van der Waals surface area (Å²) in [5, 5.41) is 0.327. The lowest BCUT2D eigenvalue weighted by Gasteiger charge is -2.08. The molecular formula is C17H13Cl2FN2O3. The summed E-state index contributed by atoms with van der Waals surface area (Å²) in [4.78, 5) is 23.2. The summed E-state index contributed by atoms with van der Waals surface area (Å²) in [5.74, 6) is -1.33. The van der Waals surface area contributed by atoms with Gasteiger partial charge in [0.1, 0.15) is 11.6 Å². The zero-order valence-corrected chi connectivity index (χ0v) is 14.3. The summed E-state index contributed by atoms with van der Waals surface area (Å²) in [6, 6.07) is 10.7. The van der Waals surface area contributed by atoms with Gasteiger partial charge in [-0.25, -0.2) is 4.39 Å². The van der Waals surface area contributed by atoms with Gasteiger partial charge in [-0.1, -0.05) is 41.4 Å². The molecule has 130 valence electrons. The standard InChI is InChI=1S/C17H13Cl2FN2O3/c18-12-3-1-2-4-15(12)25-10-17(24)22-21-16(23)8-6-11-5-7-14(20)13(19)9-11/h1-9H,10H2,(H,21,23)(H,22,24)/b8-6+. The SMILES string of the molecule is O=C(/C=C/c1ccc(F)c(Cl)c1)NNC(=O)COc1ccccc1Cl. The molecule has 0 fully saturated rings. The van der Waals surface area contributed by atoms with Crippen LogP contribution in [0.25, 0.3) is 6.08 Å². The minimum atomic E-state index is -0.577. The topological polar surface area (TPSA) is 67.4 Å². The molecule has 8 heteroatoms. The average molecular weight is 383 g/mol. The number of hydrogen-bond acceptors (Lipinski definition) is 3. The average Bonchev–Trinajstić information content (AvgIpc) is 2.60. The minimum Gasteiger partial charge on any atom is -0.482 e. The monoisotopic (exact) mass is 382 g/mol. The quantitative estimate of drug-likeness (QED) is 0.615. The van der Waals surface area contributed by atoms with Gasteiger partial charge in [0.2, 0.25) is 0 Å². The van der Waals surface area contributed by atoms with Gasteiger partial charge in [0.15, 0.2) is 6.61 Å². The third kappa shape index (κ3) is 6.10. The second-order valence-corrected chi connectivity index (χ2v) is 5.58. The molecule has 2 aromatic carbocycles. The van der Waals surface area contributed by atoms with Crippen molar-refractivity contribution in [2.45, 2.75) is 0 Å². The Hall–Kier alpha value is -2.57. The maximum absolute atomic E-state index is 13.0. The van der Waals surface area contributed by atoms with Gasteiger partial charge in [-0.05, 0) is 35.9 Å². The van der Waals surface area contributed by atoms with Crippen LogP contribution in [0.15, 0.2) is 48.5 Å². The van der Waals surface area contributed by atoms with Crippen molar-refractivity contribution in [3.63, 3.8) is 0 Å². The first-order valence-corrected chi connectivity index (χ1v) is 7.80. The highest BCUT2D eigenvalue weighted by atomic mass is 35.5. The van der Waals surface area contributed by atoms with Crippen molar-refractivity contribution in [1.29, 1.82) is 0 Å². The summed E-state index contributed by atoms with van der Waals surface area (Å²) in [6.07, 6.45) is 2.59. The maximum Gasteiger partial charge on any atom is 0.276 e. The number of rotatable bonds is 5. The van der Waals surface area contributed by atoms with Crippen molar-refractivity contribution < 1.29 is 18.7 Å². The van der Waals surface area contributed by atoms with Crippen LogP contribution in [0, 0.1) is 5.82 Å². The van der Waals surface area contributed by atoms with E-state index >= 15 is 0 Å². The van der Waals surface area contributed by atoms with Crippen LogP contribution in [0.1, 0.15) is 5.56 Å². The first-order chi connectivity index (χ1) is 12.0. The molecule has 0 heterocycles. The second kappa shape index (κ2) is 9.05. The molecule has 5 nitrogen and oxygen atoms in total. The van der Waals surface area contributed by atoms with Crippen LogP contribution in [0.5, 0.6) is 5.75 Å². The molecule has 0 radical (unpaired) electrons. The zero-order valence-electron chi connectivity index (χ0n) is 12.8. The Morgan fingerprint density at radius 3 is 2.56 bits per heavy atom. The number of carbonyl (C=O) groups excluding carboxylic acids is 2. The van der Waals surface area contributed by atoms with E-state index in [1.54, 1.807) is 24.3 Å². The lowest BCUT2D eigenvalue weighted by atomic mass is 10.2. The first-order valence-electron chi connectivity index (χ1n) is 7.05. The van der Waals surface area contributed by atoms with E-state index in [1.165, 1.54) is 30.4 Å². The zero-order chi connectivity index (χ0) is 18.2. The number of carbonyl (C=O) groups is 2. The van der Waals surface area contributed by atoms with Crippen molar-refractivity contribution in [3.8, 4) is 5.75 Å². The van der Waals surface area contributed by atoms with E-state index < -0.39 is 17.6 Å². The number of nitrogens with one attached hydrogen (secondary N) is 2. The fraction of sp³-hybridized carbons (Fsp3) is 0.0588. The molecule has 0 atom stereocenters. The van der Waals surface area contributed by atoms with Crippen LogP contribution in [-0.2, 0) is 9.59 Å². The number of halogens is 3. The highest BCUT2D eigenvalue weighted by Crippen LogP contribution is 2.22. The normalized spacial score (nSPS) is 10.5. The fourth-order valence-corrected chi connectivity index (χ4v) is 2.08. The third-order valence-electron chi connectivity index (χ3n) is 2.89. The molecule has 0 aliphatic rings. The number of hydrazine groups is 1. The molecule has 0 unspecified atom stereocenters. The summed E-state index contributed by atoms with van der Waals surface area (Å²) in [5.41, 5.74) is 4.91. The van der Waals surface area contributed by atoms with Gasteiger partial charge in [0, 0.05) is 6.08 Å². The van der Waals surface area contributed by atoms with Crippen LogP contribution in [-0.4, -0.2) is 18.4 Å². The van der Waals surface area contributed by atoms with Crippen LogP contribution in [0.2, 0.25) is 10.0 Å². The molecule has 2 aromatic rings. The van der Waals surface area contributed by atoms with Crippen LogP contribution in [0.4, 0.5) is 4.39 Å². The van der Waals surface area contributed by atoms with Crippen molar-refractivity contribution in [3.05, 3.63) is 70.0 Å². The minimum absolute atomic E-state index is 0.0485. The lowest BCUT2D eigenvalue weighted by molar-refractivity contribution is -0.128. The van der Waals surface area contributed by atoms with E-state index in [2.05, 4.69) is 10.9 Å². The smallest absolute Gasteiger partial charge is 0.276 e. The molecule has 2 amide bonds. The molecule has 0 bridgehead atoms. The molecule has 0 aliphatic heterocycles. The van der Waals surface area contributed by atoms with Crippen molar-refractivity contribution in [2.75, 3.05) is 6.61 Å². The lowest BCUT2D eigenvalue weighted by Crippen LogP contribution is -2.43. The van der Waals surface area contributed by atoms with E-state index in [0.717, 1.165) is 0 Å². The predicted octanol–water partition coefficient (Wildman–Crippen LogP) is 3.37. The summed E-state index contributed by atoms with van der Waals surface area (Å²) >= 11 is 11.5. The Morgan fingerprint density at radius 1 is 1.08 bits per heavy atom. The number of para-hydroxylation sites is 1. The van der Waals surface area contributed by atoms with Gasteiger partial charge in [0.05, 0.1) is 10.0 Å². The number of hydrogen-bond donors (Lipinski definition) is 2. The Labute approximate surface area is 153 Å². The van der Waals surface area contributed by atoms with E-state index in [-0.39, 0.29) is 11.6 Å². The van der Waals surface area contributed by atoms with Gasteiger partial charge in [-0.2, -0.15) is 0 Å². The molecule has 0 saturated heterocycles. The van der Waals surface area contributed by atoms with Crippen molar-refractivity contribution in [2.24, 2.45) is 0 Å². The van der Waals surface area contributed by atoms with Gasteiger partial charge >= 0.3 is 0 Å². The van der Waals surface area contributed by atoms with E-state index in [4.69, 9.17) is 27.9 Å². The molecule has 2 N–H and O–H groups in total. The Kier molecular flexibility index (Phi) is 6.80. The Balaban J connectivity index is 1.77. The van der Waals surface area contributed by atoms with Crippen molar-refractivity contribution >= 4 is 41.1 Å². The van der Waals surface area contributed by atoms with E-state index in [9.17, 15) is 14.0 Å². The Morgan fingerprint density at radius 2 is 1.84 bits per heavy atom. The molecule has 25 heavy (non-hydrogen) atoms. The van der Waals surface area contributed by atoms with Gasteiger partial charge in [-0.3, -0.25) is 20.4 Å². The summed E-state index contributed by atoms with van der Waals surface area (Å²) in [7, 11) is 0. The van der Waals surface area contributed by atoms with Gasteiger partial charge in [-0.15, -0.1) is 0 Å². The largest absolute Gasteiger partial charge is 0.482 e. The van der Waals surface area contributed by atoms with Crippen LogP contribution >= 0.6 is 23.2 Å². The highest BCUT2D eigenvalue weighted by molar-refractivity contribution is 6.32. The highest BCUT2D eigenvalue weighted by Gasteiger charge is 2.06. The second-order valence-electron chi connectivity index (χ2n) is 4.76. The number of ether oxygens (including phenoxy) is 1. The van der Waals surface area contributed by atoms with E-state index in [0.29, 0.717) is 16.3 Å². The van der Waals surface area contributed by atoms with Gasteiger partial charge in [0.25, 0.3) is 11.8 Å². The van der Waals surface area contributed by atoms with Crippen molar-refractivity contribution in [1.82, 2.24) is 10.9 Å².